The third-order valence-electron chi connectivity index (χ3n) is 4.36. The van der Waals surface area contributed by atoms with Crippen LogP contribution in [-0.2, 0) is 20.6 Å². The molecule has 134 valence electrons. The maximum Gasteiger partial charge on any atom is 0.332 e. The third-order valence-corrected chi connectivity index (χ3v) is 4.36. The molecule has 0 spiro atoms. The van der Waals surface area contributed by atoms with Gasteiger partial charge in [-0.15, -0.1) is 0 Å². The topological polar surface area (TPSA) is 86.5 Å². The van der Waals surface area contributed by atoms with Crippen LogP contribution in [0.2, 0.25) is 0 Å². The van der Waals surface area contributed by atoms with E-state index in [2.05, 4.69) is 18.8 Å². The zero-order chi connectivity index (χ0) is 17.9. The van der Waals surface area contributed by atoms with Crippen LogP contribution in [0.25, 0.3) is 11.2 Å². The van der Waals surface area contributed by atoms with Gasteiger partial charge in [0.05, 0.1) is 26.0 Å². The van der Waals surface area contributed by atoms with E-state index in [0.717, 1.165) is 30.5 Å². The summed E-state index contributed by atoms with van der Waals surface area (Å²) in [5.41, 5.74) is -0.0864. The Hall–Kier alpha value is -1.93. The van der Waals surface area contributed by atoms with Crippen LogP contribution in [0.3, 0.4) is 0 Å². The largest absolute Gasteiger partial charge is 0.385 e. The number of aryl methyl sites for hydroxylation is 1. The van der Waals surface area contributed by atoms with E-state index in [1.165, 1.54) is 22.8 Å². The highest BCUT2D eigenvalue weighted by Crippen LogP contribution is 2.06. The van der Waals surface area contributed by atoms with Crippen molar-refractivity contribution in [1.29, 1.82) is 0 Å². The summed E-state index contributed by atoms with van der Waals surface area (Å²) in [6.07, 6.45) is 3.09. The zero-order valence-corrected chi connectivity index (χ0v) is 14.9. The average Bonchev–Trinajstić information content (AvgIpc) is 2.95. The summed E-state index contributed by atoms with van der Waals surface area (Å²) >= 11 is 0. The normalized spacial score (nSPS) is 13.1. The minimum absolute atomic E-state index is 0.293. The molecule has 0 radical (unpaired) electrons. The number of hydrogen-bond donors (Lipinski definition) is 2. The predicted molar refractivity (Wildman–Crippen MR) is 92.4 cm³/mol. The van der Waals surface area contributed by atoms with Crippen molar-refractivity contribution >= 4 is 11.2 Å². The van der Waals surface area contributed by atoms with Crippen molar-refractivity contribution in [3.8, 4) is 0 Å². The third kappa shape index (κ3) is 3.59. The fraction of sp³-hybridized carbons (Fsp3) is 0.688. The predicted octanol–water partition coefficient (Wildman–Crippen LogP) is -1.50. The molecule has 0 aliphatic carbocycles. The van der Waals surface area contributed by atoms with Crippen molar-refractivity contribution in [1.82, 2.24) is 18.7 Å². The molecule has 2 heterocycles. The smallest absolute Gasteiger partial charge is 0.332 e. The molecule has 0 bridgehead atoms. The number of imidazole rings is 1. The Kier molecular flexibility index (Phi) is 5.95. The van der Waals surface area contributed by atoms with E-state index in [-0.39, 0.29) is 5.56 Å². The quantitative estimate of drug-likeness (QED) is 0.613. The second-order valence-corrected chi connectivity index (χ2v) is 6.38. The van der Waals surface area contributed by atoms with E-state index in [4.69, 9.17) is 0 Å². The monoisotopic (exact) mass is 338 g/mol. The molecule has 0 fully saturated rings. The maximum absolute atomic E-state index is 12.4. The molecular formula is C16H28N5O3+. The van der Waals surface area contributed by atoms with Crippen molar-refractivity contribution in [2.24, 2.45) is 14.1 Å². The second-order valence-electron chi connectivity index (χ2n) is 6.38. The van der Waals surface area contributed by atoms with Crippen LogP contribution in [0.1, 0.15) is 26.7 Å². The van der Waals surface area contributed by atoms with Crippen LogP contribution in [0.5, 0.6) is 0 Å². The van der Waals surface area contributed by atoms with E-state index in [9.17, 15) is 14.7 Å². The zero-order valence-electron chi connectivity index (χ0n) is 14.9. The highest BCUT2D eigenvalue weighted by atomic mass is 16.3. The lowest BCUT2D eigenvalue weighted by Crippen LogP contribution is -3.13. The van der Waals surface area contributed by atoms with E-state index in [0.29, 0.717) is 24.3 Å². The van der Waals surface area contributed by atoms with E-state index in [1.54, 1.807) is 11.6 Å². The molecule has 8 nitrogen and oxygen atoms in total. The fourth-order valence-corrected chi connectivity index (χ4v) is 3.20. The highest BCUT2D eigenvalue weighted by Gasteiger charge is 2.19. The van der Waals surface area contributed by atoms with Crippen LogP contribution >= 0.6 is 0 Å². The van der Waals surface area contributed by atoms with Gasteiger partial charge in [-0.1, -0.05) is 13.8 Å². The first kappa shape index (κ1) is 18.4. The van der Waals surface area contributed by atoms with Crippen LogP contribution in [-0.4, -0.2) is 49.5 Å². The van der Waals surface area contributed by atoms with E-state index < -0.39 is 11.8 Å². The molecule has 0 aliphatic heterocycles. The van der Waals surface area contributed by atoms with Gasteiger partial charge in [0.2, 0.25) is 0 Å². The molecule has 0 aromatic carbocycles. The molecule has 0 aliphatic rings. The molecule has 2 aromatic heterocycles. The van der Waals surface area contributed by atoms with E-state index >= 15 is 0 Å². The standard InChI is InChI=1S/C16H27N5O3/c1-5-7-20(8-6-2)9-12(22)10-21-11-17-14-13(21)15(23)19(4)16(24)18(14)3/h11-12,22H,5-10H2,1-4H3/p+1/t12-/m1/s1. The SMILES string of the molecule is CCC[NH+](CCC)C[C@@H](O)Cn1cnc2c1c(=O)n(C)c(=O)n2C. The lowest BCUT2D eigenvalue weighted by molar-refractivity contribution is -0.903. The molecule has 2 aromatic rings. The number of nitrogens with zero attached hydrogens (tertiary/aromatic N) is 4. The van der Waals surface area contributed by atoms with Crippen LogP contribution in [0.15, 0.2) is 15.9 Å². The molecule has 0 saturated heterocycles. The van der Waals surface area contributed by atoms with E-state index in [1.807, 2.05) is 0 Å². The van der Waals surface area contributed by atoms with Crippen molar-refractivity contribution in [2.75, 3.05) is 19.6 Å². The number of aromatic nitrogens is 4. The highest BCUT2D eigenvalue weighted by molar-refractivity contribution is 5.69. The molecule has 2 N–H and O–H groups in total. The van der Waals surface area contributed by atoms with Gasteiger partial charge in [-0.3, -0.25) is 13.9 Å². The summed E-state index contributed by atoms with van der Waals surface area (Å²) in [7, 11) is 3.04. The lowest BCUT2D eigenvalue weighted by Gasteiger charge is -2.21. The number of rotatable bonds is 8. The van der Waals surface area contributed by atoms with Gasteiger partial charge in [-0.2, -0.15) is 0 Å². The average molecular weight is 338 g/mol. The lowest BCUT2D eigenvalue weighted by atomic mass is 10.2. The Morgan fingerprint density at radius 3 is 2.38 bits per heavy atom. The first-order valence-corrected chi connectivity index (χ1v) is 8.53. The number of nitrogens with one attached hydrogen (secondary N) is 1. The molecule has 1 atom stereocenters. The molecule has 2 rings (SSSR count). The molecule has 8 heteroatoms. The number of quaternary nitrogens is 1. The number of fused-ring (bicyclic) bond motifs is 1. The minimum atomic E-state index is -0.572. The molecular weight excluding hydrogens is 310 g/mol. The van der Waals surface area contributed by atoms with Crippen LogP contribution in [0.4, 0.5) is 0 Å². The molecule has 24 heavy (non-hydrogen) atoms. The second kappa shape index (κ2) is 7.76. The molecule has 0 unspecified atom stereocenters. The summed E-state index contributed by atoms with van der Waals surface area (Å²) in [5, 5.41) is 10.4. The van der Waals surface area contributed by atoms with Crippen LogP contribution < -0.4 is 16.1 Å². The Morgan fingerprint density at radius 1 is 1.17 bits per heavy atom. The number of aliphatic hydroxyl groups is 1. The first-order valence-electron chi connectivity index (χ1n) is 8.53. The summed E-state index contributed by atoms with van der Waals surface area (Å²) in [6.45, 7) is 7.23. The number of aliphatic hydroxyl groups excluding tert-OH is 1. The minimum Gasteiger partial charge on any atom is -0.385 e. The van der Waals surface area contributed by atoms with Gasteiger partial charge < -0.3 is 14.6 Å². The van der Waals surface area contributed by atoms with Crippen molar-refractivity contribution in [3.05, 3.63) is 27.2 Å². The molecule has 0 saturated carbocycles. The summed E-state index contributed by atoms with van der Waals surface area (Å²) in [5.74, 6) is 0. The first-order chi connectivity index (χ1) is 11.4. The summed E-state index contributed by atoms with van der Waals surface area (Å²) in [4.78, 5) is 29.9. The summed E-state index contributed by atoms with van der Waals surface area (Å²) < 4.78 is 4.07. The Bertz CT molecular complexity index is 798. The van der Waals surface area contributed by atoms with Gasteiger partial charge in [0.25, 0.3) is 5.56 Å². The fourth-order valence-electron chi connectivity index (χ4n) is 3.20. The molecule has 0 amide bonds. The van der Waals surface area contributed by atoms with Gasteiger partial charge in [0, 0.05) is 14.1 Å². The van der Waals surface area contributed by atoms with Crippen molar-refractivity contribution < 1.29 is 10.0 Å². The maximum atomic E-state index is 12.4. The van der Waals surface area contributed by atoms with Gasteiger partial charge in [-0.05, 0) is 12.8 Å². The Balaban J connectivity index is 2.27. The van der Waals surface area contributed by atoms with Gasteiger partial charge in [0.15, 0.2) is 11.2 Å². The Labute approximate surface area is 141 Å². The Morgan fingerprint density at radius 2 is 1.79 bits per heavy atom. The number of hydrogen-bond acceptors (Lipinski definition) is 4. The van der Waals surface area contributed by atoms with Crippen molar-refractivity contribution in [3.63, 3.8) is 0 Å². The van der Waals surface area contributed by atoms with Gasteiger partial charge in [-0.25, -0.2) is 9.78 Å². The van der Waals surface area contributed by atoms with Crippen LogP contribution in [0, 0.1) is 0 Å². The van der Waals surface area contributed by atoms with Crippen molar-refractivity contribution in [2.45, 2.75) is 39.3 Å². The summed E-state index contributed by atoms with van der Waals surface area (Å²) in [6, 6.07) is 0. The van der Waals surface area contributed by atoms with Gasteiger partial charge in [0.1, 0.15) is 12.6 Å². The van der Waals surface area contributed by atoms with Gasteiger partial charge >= 0.3 is 5.69 Å².